The van der Waals surface area contributed by atoms with Crippen molar-refractivity contribution in [1.29, 1.82) is 0 Å². The molecule has 0 saturated carbocycles. The molecule has 0 saturated heterocycles. The Kier molecular flexibility index (Phi) is 8.78. The molecule has 2 heterocycles. The molecule has 0 bridgehead atoms. The first-order valence-corrected chi connectivity index (χ1v) is 14.1. The molecule has 0 unspecified atom stereocenters. The molecule has 37 heavy (non-hydrogen) atoms. The second kappa shape index (κ2) is 11.8. The van der Waals surface area contributed by atoms with Crippen LogP contribution in [0.3, 0.4) is 0 Å². The second-order valence-corrected chi connectivity index (χ2v) is 10.7. The zero-order chi connectivity index (χ0) is 26.7. The van der Waals surface area contributed by atoms with Crippen molar-refractivity contribution in [3.8, 4) is 0 Å². The number of thiophene rings is 1. The Balaban J connectivity index is 1.97. The fourth-order valence-corrected chi connectivity index (χ4v) is 6.67. The largest absolute Gasteiger partial charge is 0.465 e. The van der Waals surface area contributed by atoms with Gasteiger partial charge < -0.3 is 14.8 Å². The third-order valence-electron chi connectivity index (χ3n) is 6.64. The van der Waals surface area contributed by atoms with Crippen LogP contribution in [-0.2, 0) is 23.9 Å². The van der Waals surface area contributed by atoms with Crippen molar-refractivity contribution in [3.63, 3.8) is 0 Å². The molecule has 1 aliphatic heterocycles. The topological polar surface area (TPSA) is 81.7 Å². The molecule has 0 radical (unpaired) electrons. The molecule has 1 aromatic carbocycles. The molecule has 0 fully saturated rings. The number of carbonyl (C=O) groups excluding carboxylic acids is 3. The summed E-state index contributed by atoms with van der Waals surface area (Å²) in [5.41, 5.74) is 2.39. The van der Waals surface area contributed by atoms with E-state index >= 15 is 0 Å². The summed E-state index contributed by atoms with van der Waals surface area (Å²) in [6.45, 7) is 5.76. The highest BCUT2D eigenvalue weighted by Gasteiger charge is 2.50. The van der Waals surface area contributed by atoms with Gasteiger partial charge in [0.05, 0.1) is 24.7 Å². The van der Waals surface area contributed by atoms with Crippen molar-refractivity contribution < 1.29 is 23.9 Å². The van der Waals surface area contributed by atoms with Crippen LogP contribution in [0.1, 0.15) is 62.3 Å². The Bertz CT molecular complexity index is 1250. The Hall–Kier alpha value is -2.61. The van der Waals surface area contributed by atoms with Gasteiger partial charge in [-0.2, -0.15) is 0 Å². The number of nitrogens with one attached hydrogen (secondary N) is 1. The zero-order valence-electron chi connectivity index (χ0n) is 20.9. The third-order valence-corrected chi connectivity index (χ3v) is 8.30. The Labute approximate surface area is 230 Å². The molecule has 1 aromatic heterocycles. The predicted molar refractivity (Wildman–Crippen MR) is 145 cm³/mol. The van der Waals surface area contributed by atoms with Gasteiger partial charge in [-0.15, -0.1) is 11.3 Å². The molecule has 2 aliphatic rings. The first kappa shape index (κ1) is 27.4. The SMILES string of the molecule is CCCC1=C(C(=O)OCC)[C@H](c2c(Cl)cccc2Cl)C2=C(C[C@H](c3cccs3)[C@@H](C(=O)OCC)C2=O)N1. The molecule has 0 spiro atoms. The van der Waals surface area contributed by atoms with E-state index in [4.69, 9.17) is 32.7 Å². The highest BCUT2D eigenvalue weighted by Crippen LogP contribution is 2.51. The average Bonchev–Trinajstić information content (AvgIpc) is 3.39. The highest BCUT2D eigenvalue weighted by atomic mass is 35.5. The summed E-state index contributed by atoms with van der Waals surface area (Å²) in [5, 5.41) is 5.97. The van der Waals surface area contributed by atoms with E-state index < -0.39 is 35.5 Å². The molecule has 0 amide bonds. The molecule has 1 N–H and O–H groups in total. The van der Waals surface area contributed by atoms with Gasteiger partial charge in [0.25, 0.3) is 0 Å². The minimum Gasteiger partial charge on any atom is -0.465 e. The summed E-state index contributed by atoms with van der Waals surface area (Å²) in [4.78, 5) is 41.9. The number of ketones is 1. The van der Waals surface area contributed by atoms with Crippen LogP contribution in [0, 0.1) is 5.92 Å². The van der Waals surface area contributed by atoms with E-state index in [1.165, 1.54) is 11.3 Å². The molecule has 4 rings (SSSR count). The number of ether oxygens (including phenoxy) is 2. The van der Waals surface area contributed by atoms with Crippen LogP contribution >= 0.6 is 34.5 Å². The van der Waals surface area contributed by atoms with Crippen molar-refractivity contribution in [3.05, 3.63) is 78.7 Å². The predicted octanol–water partition coefficient (Wildman–Crippen LogP) is 6.55. The van der Waals surface area contributed by atoms with E-state index in [0.29, 0.717) is 51.0 Å². The van der Waals surface area contributed by atoms with Crippen LogP contribution in [-0.4, -0.2) is 30.9 Å². The lowest BCUT2D eigenvalue weighted by Crippen LogP contribution is -2.43. The van der Waals surface area contributed by atoms with E-state index in [1.54, 1.807) is 32.0 Å². The number of esters is 2. The lowest BCUT2D eigenvalue weighted by molar-refractivity contribution is -0.152. The molecule has 2 aromatic rings. The first-order valence-electron chi connectivity index (χ1n) is 12.4. The number of hydrogen-bond acceptors (Lipinski definition) is 7. The molecule has 3 atom stereocenters. The normalized spacial score (nSPS) is 21.4. The van der Waals surface area contributed by atoms with Gasteiger partial charge in [-0.3, -0.25) is 9.59 Å². The maximum atomic E-state index is 14.3. The van der Waals surface area contributed by atoms with Gasteiger partial charge in [-0.25, -0.2) is 4.79 Å². The Morgan fingerprint density at radius 1 is 1.05 bits per heavy atom. The maximum absolute atomic E-state index is 14.3. The second-order valence-electron chi connectivity index (χ2n) is 8.87. The fourth-order valence-electron chi connectivity index (χ4n) is 5.19. The van der Waals surface area contributed by atoms with Gasteiger partial charge in [0.15, 0.2) is 5.78 Å². The van der Waals surface area contributed by atoms with E-state index in [-0.39, 0.29) is 13.2 Å². The van der Waals surface area contributed by atoms with Crippen molar-refractivity contribution in [2.75, 3.05) is 13.2 Å². The summed E-state index contributed by atoms with van der Waals surface area (Å²) >= 11 is 14.8. The quantitative estimate of drug-likeness (QED) is 0.290. The number of benzene rings is 1. The number of halogens is 2. The number of allylic oxidation sites excluding steroid dienone is 3. The number of rotatable bonds is 8. The fraction of sp³-hybridized carbons (Fsp3) is 0.393. The van der Waals surface area contributed by atoms with Crippen molar-refractivity contribution in [2.24, 2.45) is 5.92 Å². The molecule has 9 heteroatoms. The third kappa shape index (κ3) is 5.22. The van der Waals surface area contributed by atoms with Crippen LogP contribution in [0.25, 0.3) is 0 Å². The van der Waals surface area contributed by atoms with E-state index in [1.807, 2.05) is 24.4 Å². The van der Waals surface area contributed by atoms with Gasteiger partial charge in [0, 0.05) is 43.4 Å². The highest BCUT2D eigenvalue weighted by molar-refractivity contribution is 7.10. The molecular formula is C28H29Cl2NO5S. The standard InChI is InChI=1S/C28H29Cl2NO5S/c1-4-9-18-24(28(34)36-6-3)25(22-16(29)10-7-11-17(22)30)23-19(31-18)14-15(20-12-8-13-37-20)21(26(23)32)27(33)35-5-2/h7-8,10-13,15,21,25,31H,4-6,9,14H2,1-3H3/t15-,21-,25-/m1/s1. The Morgan fingerprint density at radius 3 is 2.35 bits per heavy atom. The number of dihydropyridines is 1. The number of Topliss-reactive ketones (excluding diaryl/α,β-unsaturated/α-hetero) is 1. The summed E-state index contributed by atoms with van der Waals surface area (Å²) in [5.74, 6) is -3.86. The van der Waals surface area contributed by atoms with E-state index in [0.717, 1.165) is 11.3 Å². The number of hydrogen-bond donors (Lipinski definition) is 1. The molecule has 196 valence electrons. The number of carbonyl (C=O) groups is 3. The average molecular weight is 563 g/mol. The monoisotopic (exact) mass is 561 g/mol. The van der Waals surface area contributed by atoms with Crippen LogP contribution in [0.2, 0.25) is 10.0 Å². The van der Waals surface area contributed by atoms with Crippen molar-refractivity contribution >= 4 is 52.3 Å². The van der Waals surface area contributed by atoms with Crippen LogP contribution in [0.15, 0.2) is 58.3 Å². The van der Waals surface area contributed by atoms with Gasteiger partial charge >= 0.3 is 11.9 Å². The summed E-state index contributed by atoms with van der Waals surface area (Å²) in [7, 11) is 0. The summed E-state index contributed by atoms with van der Waals surface area (Å²) < 4.78 is 10.8. The van der Waals surface area contributed by atoms with Crippen LogP contribution < -0.4 is 5.32 Å². The van der Waals surface area contributed by atoms with Crippen molar-refractivity contribution in [1.82, 2.24) is 5.32 Å². The lowest BCUT2D eigenvalue weighted by atomic mass is 9.68. The first-order chi connectivity index (χ1) is 17.8. The maximum Gasteiger partial charge on any atom is 0.336 e. The van der Waals surface area contributed by atoms with Gasteiger partial charge in [0.2, 0.25) is 0 Å². The lowest BCUT2D eigenvalue weighted by Gasteiger charge is -2.40. The summed E-state index contributed by atoms with van der Waals surface area (Å²) in [6.07, 6.45) is 1.71. The van der Waals surface area contributed by atoms with Gasteiger partial charge in [-0.1, -0.05) is 48.7 Å². The van der Waals surface area contributed by atoms with Crippen molar-refractivity contribution in [2.45, 2.75) is 51.9 Å². The minimum atomic E-state index is -1.06. The van der Waals surface area contributed by atoms with E-state index in [9.17, 15) is 14.4 Å². The van der Waals surface area contributed by atoms with Gasteiger partial charge in [0.1, 0.15) is 5.92 Å². The summed E-state index contributed by atoms with van der Waals surface area (Å²) in [6, 6.07) is 8.90. The molecular weight excluding hydrogens is 533 g/mol. The van der Waals surface area contributed by atoms with E-state index in [2.05, 4.69) is 5.32 Å². The smallest absolute Gasteiger partial charge is 0.336 e. The minimum absolute atomic E-state index is 0.151. The zero-order valence-corrected chi connectivity index (χ0v) is 23.3. The molecule has 1 aliphatic carbocycles. The van der Waals surface area contributed by atoms with Gasteiger partial charge in [-0.05, 0) is 50.3 Å². The Morgan fingerprint density at radius 2 is 1.76 bits per heavy atom. The van der Waals surface area contributed by atoms with Crippen LogP contribution in [0.5, 0.6) is 0 Å². The van der Waals surface area contributed by atoms with Crippen LogP contribution in [0.4, 0.5) is 0 Å². The molecule has 6 nitrogen and oxygen atoms in total.